The van der Waals surface area contributed by atoms with Crippen LogP contribution in [0.4, 0.5) is 5.69 Å². The molecular formula is C21H24N2O2. The molecule has 2 aromatic carbocycles. The van der Waals surface area contributed by atoms with Gasteiger partial charge in [0.05, 0.1) is 6.42 Å². The average molecular weight is 336 g/mol. The molecule has 1 heterocycles. The molecule has 4 heteroatoms. The number of hydrogen-bond donors (Lipinski definition) is 1. The van der Waals surface area contributed by atoms with Crippen molar-refractivity contribution in [3.05, 3.63) is 58.3 Å². The molecule has 0 fully saturated rings. The molecule has 1 N–H and O–H groups in total. The van der Waals surface area contributed by atoms with Crippen LogP contribution in [0.5, 0.6) is 0 Å². The van der Waals surface area contributed by atoms with Crippen LogP contribution in [0.3, 0.4) is 0 Å². The second-order valence-corrected chi connectivity index (χ2v) is 6.47. The Labute approximate surface area is 148 Å². The van der Waals surface area contributed by atoms with Gasteiger partial charge in [0.25, 0.3) is 0 Å². The second kappa shape index (κ2) is 7.09. The van der Waals surface area contributed by atoms with Crippen LogP contribution in [-0.2, 0) is 24.1 Å². The average Bonchev–Trinajstić information content (AvgIpc) is 2.98. The predicted octanol–water partition coefficient (Wildman–Crippen LogP) is 4.75. The number of aromatic nitrogens is 1. The van der Waals surface area contributed by atoms with Gasteiger partial charge in [0.1, 0.15) is 5.69 Å². The minimum atomic E-state index is -0.0649. The third kappa shape index (κ3) is 3.43. The van der Waals surface area contributed by atoms with Gasteiger partial charge < -0.3 is 9.84 Å². The van der Waals surface area contributed by atoms with E-state index < -0.39 is 0 Å². The first-order valence-electron chi connectivity index (χ1n) is 8.79. The third-order valence-corrected chi connectivity index (χ3v) is 4.57. The van der Waals surface area contributed by atoms with E-state index in [1.54, 1.807) is 0 Å². The summed E-state index contributed by atoms with van der Waals surface area (Å²) in [6, 6.07) is 10.3. The quantitative estimate of drug-likeness (QED) is 0.731. The highest BCUT2D eigenvalue weighted by molar-refractivity contribution is 5.96. The number of benzene rings is 2. The van der Waals surface area contributed by atoms with Crippen LogP contribution in [0.1, 0.15) is 41.8 Å². The Morgan fingerprint density at radius 2 is 1.80 bits per heavy atom. The molecule has 0 saturated carbocycles. The summed E-state index contributed by atoms with van der Waals surface area (Å²) >= 11 is 0. The van der Waals surface area contributed by atoms with Crippen molar-refractivity contribution in [2.75, 3.05) is 5.32 Å². The van der Waals surface area contributed by atoms with Crippen molar-refractivity contribution in [3.8, 4) is 0 Å². The van der Waals surface area contributed by atoms with Crippen LogP contribution < -0.4 is 5.32 Å². The number of carbonyl (C=O) groups is 1. The zero-order valence-electron chi connectivity index (χ0n) is 15.3. The van der Waals surface area contributed by atoms with Crippen LogP contribution in [-0.4, -0.2) is 11.1 Å². The van der Waals surface area contributed by atoms with E-state index >= 15 is 0 Å². The van der Waals surface area contributed by atoms with Crippen LogP contribution >= 0.6 is 0 Å². The van der Waals surface area contributed by atoms with Crippen molar-refractivity contribution in [1.29, 1.82) is 0 Å². The maximum atomic E-state index is 12.6. The highest BCUT2D eigenvalue weighted by Gasteiger charge is 2.16. The molecule has 0 bridgehead atoms. The van der Waals surface area contributed by atoms with E-state index in [2.05, 4.69) is 42.5 Å². The number of amides is 1. The van der Waals surface area contributed by atoms with E-state index in [4.69, 9.17) is 4.52 Å². The Bertz CT molecular complexity index is 903. The van der Waals surface area contributed by atoms with E-state index in [-0.39, 0.29) is 12.3 Å². The summed E-state index contributed by atoms with van der Waals surface area (Å²) in [5.41, 5.74) is 6.88. The molecule has 0 spiro atoms. The fraction of sp³-hybridized carbons (Fsp3) is 0.333. The number of fused-ring (bicyclic) bond motifs is 1. The normalized spacial score (nSPS) is 11.0. The molecule has 0 unspecified atom stereocenters. The van der Waals surface area contributed by atoms with Gasteiger partial charge in [0.2, 0.25) is 5.91 Å². The molecule has 0 aliphatic rings. The fourth-order valence-corrected chi connectivity index (χ4v) is 3.31. The first kappa shape index (κ1) is 17.2. The number of anilines is 1. The van der Waals surface area contributed by atoms with E-state index in [0.717, 1.165) is 51.8 Å². The first-order valence-corrected chi connectivity index (χ1v) is 8.79. The second-order valence-electron chi connectivity index (χ2n) is 6.47. The van der Waals surface area contributed by atoms with Gasteiger partial charge >= 0.3 is 0 Å². The number of nitrogens with zero attached hydrogens (tertiary/aromatic N) is 1. The molecule has 0 atom stereocenters. The summed E-state index contributed by atoms with van der Waals surface area (Å²) in [6.07, 6.45) is 1.97. The molecule has 0 radical (unpaired) electrons. The van der Waals surface area contributed by atoms with Crippen molar-refractivity contribution in [3.63, 3.8) is 0 Å². The molecule has 25 heavy (non-hydrogen) atoms. The SMILES string of the molecule is CCc1cccc(CC)c1NC(=O)Cc1noc2c(C)cc(C)cc12. The van der Waals surface area contributed by atoms with E-state index in [0.29, 0.717) is 5.69 Å². The Kier molecular flexibility index (Phi) is 4.88. The van der Waals surface area contributed by atoms with Gasteiger partial charge in [0, 0.05) is 11.1 Å². The first-order chi connectivity index (χ1) is 12.0. The standard InChI is InChI=1S/C21H24N2O2/c1-5-15-8-7-9-16(6-2)20(15)22-19(24)12-18-17-11-13(3)10-14(4)21(17)25-23-18/h7-11H,5-6,12H2,1-4H3,(H,22,24). The molecule has 0 saturated heterocycles. The summed E-state index contributed by atoms with van der Waals surface area (Å²) in [4.78, 5) is 12.6. The lowest BCUT2D eigenvalue weighted by molar-refractivity contribution is -0.115. The molecule has 0 aliphatic heterocycles. The monoisotopic (exact) mass is 336 g/mol. The van der Waals surface area contributed by atoms with Crippen LogP contribution in [0.2, 0.25) is 0 Å². The summed E-state index contributed by atoms with van der Waals surface area (Å²) in [5, 5.41) is 8.14. The van der Waals surface area contributed by atoms with Gasteiger partial charge in [-0.15, -0.1) is 0 Å². The number of para-hydroxylation sites is 1. The maximum absolute atomic E-state index is 12.6. The molecule has 4 nitrogen and oxygen atoms in total. The predicted molar refractivity (Wildman–Crippen MR) is 101 cm³/mol. The van der Waals surface area contributed by atoms with Gasteiger partial charge in [-0.1, -0.05) is 43.3 Å². The summed E-state index contributed by atoms with van der Waals surface area (Å²) in [7, 11) is 0. The molecule has 0 aliphatic carbocycles. The van der Waals surface area contributed by atoms with Crippen molar-refractivity contribution >= 4 is 22.6 Å². The van der Waals surface area contributed by atoms with Crippen molar-refractivity contribution < 1.29 is 9.32 Å². The molecule has 1 aromatic heterocycles. The Hall–Kier alpha value is -2.62. The topological polar surface area (TPSA) is 55.1 Å². The van der Waals surface area contributed by atoms with E-state index in [1.165, 1.54) is 0 Å². The lowest BCUT2D eigenvalue weighted by Gasteiger charge is -2.14. The van der Waals surface area contributed by atoms with Crippen molar-refractivity contribution in [1.82, 2.24) is 5.16 Å². The smallest absolute Gasteiger partial charge is 0.230 e. The summed E-state index contributed by atoms with van der Waals surface area (Å²) in [6.45, 7) is 8.23. The van der Waals surface area contributed by atoms with Crippen molar-refractivity contribution in [2.45, 2.75) is 47.0 Å². The van der Waals surface area contributed by atoms with Gasteiger partial charge in [-0.2, -0.15) is 0 Å². The molecular weight excluding hydrogens is 312 g/mol. The largest absolute Gasteiger partial charge is 0.356 e. The molecule has 3 rings (SSSR count). The number of hydrogen-bond acceptors (Lipinski definition) is 3. The zero-order valence-corrected chi connectivity index (χ0v) is 15.3. The molecule has 3 aromatic rings. The Morgan fingerprint density at radius 1 is 1.12 bits per heavy atom. The lowest BCUT2D eigenvalue weighted by atomic mass is 10.0. The van der Waals surface area contributed by atoms with Gasteiger partial charge in [-0.25, -0.2) is 0 Å². The number of carbonyl (C=O) groups excluding carboxylic acids is 1. The summed E-state index contributed by atoms with van der Waals surface area (Å²) < 4.78 is 5.45. The molecule has 130 valence electrons. The Balaban J connectivity index is 1.87. The fourth-order valence-electron chi connectivity index (χ4n) is 3.31. The zero-order chi connectivity index (χ0) is 18.0. The van der Waals surface area contributed by atoms with Gasteiger partial charge in [-0.05, 0) is 55.0 Å². The third-order valence-electron chi connectivity index (χ3n) is 4.57. The van der Waals surface area contributed by atoms with Gasteiger partial charge in [0.15, 0.2) is 5.58 Å². The lowest BCUT2D eigenvalue weighted by Crippen LogP contribution is -2.17. The number of aryl methyl sites for hydroxylation is 4. The maximum Gasteiger partial charge on any atom is 0.230 e. The number of rotatable bonds is 5. The number of nitrogens with one attached hydrogen (secondary N) is 1. The minimum Gasteiger partial charge on any atom is -0.356 e. The van der Waals surface area contributed by atoms with E-state index in [9.17, 15) is 4.79 Å². The van der Waals surface area contributed by atoms with E-state index in [1.807, 2.05) is 26.0 Å². The highest BCUT2D eigenvalue weighted by Crippen LogP contribution is 2.26. The minimum absolute atomic E-state index is 0.0649. The van der Waals surface area contributed by atoms with Crippen LogP contribution in [0, 0.1) is 13.8 Å². The van der Waals surface area contributed by atoms with Crippen molar-refractivity contribution in [2.24, 2.45) is 0 Å². The van der Waals surface area contributed by atoms with Crippen LogP contribution in [0.15, 0.2) is 34.9 Å². The highest BCUT2D eigenvalue weighted by atomic mass is 16.5. The summed E-state index contributed by atoms with van der Waals surface area (Å²) in [5.74, 6) is -0.0649. The Morgan fingerprint density at radius 3 is 2.44 bits per heavy atom. The van der Waals surface area contributed by atoms with Gasteiger partial charge in [-0.3, -0.25) is 4.79 Å². The molecule has 1 amide bonds. The van der Waals surface area contributed by atoms with Crippen LogP contribution in [0.25, 0.3) is 11.0 Å².